The Morgan fingerprint density at radius 2 is 1.90 bits per heavy atom. The van der Waals surface area contributed by atoms with Crippen molar-refractivity contribution in [2.45, 2.75) is 25.7 Å². The van der Waals surface area contributed by atoms with Crippen molar-refractivity contribution >= 4 is 17.6 Å². The molecule has 1 fully saturated rings. The van der Waals surface area contributed by atoms with Crippen LogP contribution in [0.2, 0.25) is 0 Å². The second-order valence-corrected chi connectivity index (χ2v) is 5.88. The number of benzene rings is 1. The number of aliphatic imine (C=N–C) groups is 1. The van der Waals surface area contributed by atoms with Crippen LogP contribution in [0.4, 0.5) is 5.69 Å². The lowest BCUT2D eigenvalue weighted by molar-refractivity contribution is -0.138. The molecule has 0 saturated heterocycles. The van der Waals surface area contributed by atoms with Gasteiger partial charge < -0.3 is 16.0 Å². The molecule has 21 heavy (non-hydrogen) atoms. The van der Waals surface area contributed by atoms with Gasteiger partial charge >= 0.3 is 0 Å². The first-order valence-corrected chi connectivity index (χ1v) is 7.37. The fourth-order valence-corrected chi connectivity index (χ4v) is 2.91. The average molecular weight is 288 g/mol. The molecule has 1 amide bonds. The van der Waals surface area contributed by atoms with Crippen LogP contribution in [0.25, 0.3) is 0 Å². The van der Waals surface area contributed by atoms with Crippen LogP contribution in [0.3, 0.4) is 0 Å². The number of rotatable bonds is 4. The minimum absolute atomic E-state index is 0.163. The van der Waals surface area contributed by atoms with Gasteiger partial charge in [0, 0.05) is 19.8 Å². The molecule has 0 aliphatic heterocycles. The second kappa shape index (κ2) is 6.61. The Bertz CT molecular complexity index is 504. The molecular weight excluding hydrogens is 264 g/mol. The lowest BCUT2D eigenvalue weighted by Gasteiger charge is -2.29. The van der Waals surface area contributed by atoms with E-state index in [0.717, 1.165) is 31.4 Å². The lowest BCUT2D eigenvalue weighted by Crippen LogP contribution is -2.41. The molecule has 0 bridgehead atoms. The summed E-state index contributed by atoms with van der Waals surface area (Å²) < 4.78 is 0. The summed E-state index contributed by atoms with van der Waals surface area (Å²) in [6, 6.07) is 9.67. The van der Waals surface area contributed by atoms with E-state index in [1.54, 1.807) is 19.0 Å². The maximum absolute atomic E-state index is 12.4. The first-order chi connectivity index (χ1) is 10.0. The molecule has 1 aromatic rings. The normalized spacial score (nSPS) is 17.5. The number of nitrogens with two attached hydrogens (primary N) is 1. The fraction of sp³-hybridized carbons (Fsp3) is 0.500. The van der Waals surface area contributed by atoms with Crippen molar-refractivity contribution in [3.05, 3.63) is 30.3 Å². The number of para-hydroxylation sites is 1. The number of nitrogens with zero attached hydrogens (tertiary/aromatic N) is 2. The topological polar surface area (TPSA) is 70.7 Å². The third-order valence-corrected chi connectivity index (χ3v) is 4.02. The van der Waals surface area contributed by atoms with E-state index in [1.807, 2.05) is 30.3 Å². The van der Waals surface area contributed by atoms with Crippen LogP contribution in [0, 0.1) is 5.41 Å². The van der Waals surface area contributed by atoms with E-state index in [2.05, 4.69) is 10.3 Å². The molecule has 1 aliphatic carbocycles. The Kier molecular flexibility index (Phi) is 4.83. The Hall–Kier alpha value is -2.04. The molecule has 0 heterocycles. The maximum Gasteiger partial charge on any atom is 0.230 e. The molecule has 114 valence electrons. The van der Waals surface area contributed by atoms with Crippen molar-refractivity contribution in [1.29, 1.82) is 0 Å². The van der Waals surface area contributed by atoms with Gasteiger partial charge in [-0.2, -0.15) is 0 Å². The van der Waals surface area contributed by atoms with Crippen LogP contribution in [0.1, 0.15) is 25.7 Å². The summed E-state index contributed by atoms with van der Waals surface area (Å²) in [5, 5.41) is 3.05. The number of carbonyl (C=O) groups is 1. The summed E-state index contributed by atoms with van der Waals surface area (Å²) in [6.45, 7) is 0.454. The summed E-state index contributed by atoms with van der Waals surface area (Å²) in [4.78, 5) is 18.5. The quantitative estimate of drug-likeness (QED) is 0.658. The molecular formula is C16H24N4O. The van der Waals surface area contributed by atoms with Gasteiger partial charge in [-0.05, 0) is 25.0 Å². The molecule has 5 heteroatoms. The molecule has 1 saturated carbocycles. The lowest BCUT2D eigenvalue weighted by atomic mass is 9.85. The van der Waals surface area contributed by atoms with Gasteiger partial charge in [-0.3, -0.25) is 9.79 Å². The van der Waals surface area contributed by atoms with E-state index in [4.69, 9.17) is 5.73 Å². The minimum Gasteiger partial charge on any atom is -0.370 e. The zero-order valence-electron chi connectivity index (χ0n) is 12.8. The van der Waals surface area contributed by atoms with E-state index in [1.165, 1.54) is 0 Å². The van der Waals surface area contributed by atoms with E-state index in [0.29, 0.717) is 12.5 Å². The van der Waals surface area contributed by atoms with Gasteiger partial charge in [0.15, 0.2) is 5.96 Å². The predicted octanol–water partition coefficient (Wildman–Crippen LogP) is 2.06. The third-order valence-electron chi connectivity index (χ3n) is 4.02. The molecule has 2 rings (SSSR count). The average Bonchev–Trinajstić information content (AvgIpc) is 2.95. The van der Waals surface area contributed by atoms with E-state index in [9.17, 15) is 4.79 Å². The van der Waals surface area contributed by atoms with E-state index < -0.39 is 0 Å². The number of anilines is 1. The molecule has 0 atom stereocenters. The predicted molar refractivity (Wildman–Crippen MR) is 86.1 cm³/mol. The summed E-state index contributed by atoms with van der Waals surface area (Å²) in [5.41, 5.74) is 6.47. The van der Waals surface area contributed by atoms with Crippen molar-refractivity contribution in [1.82, 2.24) is 4.90 Å². The fourth-order valence-electron chi connectivity index (χ4n) is 2.91. The molecule has 0 unspecified atom stereocenters. The number of hydrogen-bond acceptors (Lipinski definition) is 2. The Labute approximate surface area is 126 Å². The second-order valence-electron chi connectivity index (χ2n) is 5.88. The largest absolute Gasteiger partial charge is 0.370 e. The number of amides is 1. The minimum atomic E-state index is -0.369. The van der Waals surface area contributed by atoms with Crippen molar-refractivity contribution in [3.8, 4) is 0 Å². The zero-order chi connectivity index (χ0) is 15.3. The summed E-state index contributed by atoms with van der Waals surface area (Å²) >= 11 is 0. The van der Waals surface area contributed by atoms with Gasteiger partial charge in [-0.15, -0.1) is 0 Å². The molecule has 1 aromatic carbocycles. The maximum atomic E-state index is 12.4. The first kappa shape index (κ1) is 15.4. The van der Waals surface area contributed by atoms with Gasteiger partial charge in [0.05, 0.1) is 12.0 Å². The van der Waals surface area contributed by atoms with Crippen molar-refractivity contribution < 1.29 is 4.79 Å². The molecule has 0 aromatic heterocycles. The van der Waals surface area contributed by atoms with Crippen LogP contribution in [-0.2, 0) is 4.79 Å². The van der Waals surface area contributed by atoms with Crippen LogP contribution in [0.15, 0.2) is 35.3 Å². The summed E-state index contributed by atoms with van der Waals surface area (Å²) in [5.74, 6) is 0.523. The Balaban J connectivity index is 2.04. The van der Waals surface area contributed by atoms with Crippen LogP contribution < -0.4 is 11.1 Å². The standard InChI is InChI=1S/C16H24N4O/c1-20(2)14(21)16(10-6-7-11-16)12-18-15(17)19-13-8-4-3-5-9-13/h3-5,8-9H,6-7,10-12H2,1-2H3,(H3,17,18,19). The van der Waals surface area contributed by atoms with E-state index in [-0.39, 0.29) is 11.3 Å². The number of hydrogen-bond donors (Lipinski definition) is 2. The molecule has 0 radical (unpaired) electrons. The van der Waals surface area contributed by atoms with Gasteiger partial charge in [-0.1, -0.05) is 31.0 Å². The highest BCUT2D eigenvalue weighted by atomic mass is 16.2. The SMILES string of the molecule is CN(C)C(=O)C1(CN=C(N)Nc2ccccc2)CCCC1. The van der Waals surface area contributed by atoms with Gasteiger partial charge in [-0.25, -0.2) is 0 Å². The number of nitrogens with one attached hydrogen (secondary N) is 1. The van der Waals surface area contributed by atoms with Crippen LogP contribution in [-0.4, -0.2) is 37.4 Å². The molecule has 5 nitrogen and oxygen atoms in total. The van der Waals surface area contributed by atoms with Gasteiger partial charge in [0.2, 0.25) is 5.91 Å². The highest BCUT2D eigenvalue weighted by Gasteiger charge is 2.41. The van der Waals surface area contributed by atoms with Gasteiger partial charge in [0.25, 0.3) is 0 Å². The highest BCUT2D eigenvalue weighted by molar-refractivity contribution is 5.92. The Morgan fingerprint density at radius 3 is 2.48 bits per heavy atom. The smallest absolute Gasteiger partial charge is 0.230 e. The first-order valence-electron chi connectivity index (χ1n) is 7.37. The molecule has 0 spiro atoms. The summed E-state index contributed by atoms with van der Waals surface area (Å²) in [6.07, 6.45) is 3.96. The number of guanidine groups is 1. The molecule has 1 aliphatic rings. The monoisotopic (exact) mass is 288 g/mol. The summed E-state index contributed by atoms with van der Waals surface area (Å²) in [7, 11) is 3.61. The zero-order valence-corrected chi connectivity index (χ0v) is 12.8. The van der Waals surface area contributed by atoms with Crippen molar-refractivity contribution in [2.24, 2.45) is 16.1 Å². The van der Waals surface area contributed by atoms with Crippen molar-refractivity contribution in [2.75, 3.05) is 26.0 Å². The van der Waals surface area contributed by atoms with E-state index >= 15 is 0 Å². The highest BCUT2D eigenvalue weighted by Crippen LogP contribution is 2.39. The van der Waals surface area contributed by atoms with Crippen molar-refractivity contribution in [3.63, 3.8) is 0 Å². The Morgan fingerprint density at radius 1 is 1.29 bits per heavy atom. The third kappa shape index (κ3) is 3.74. The number of carbonyl (C=O) groups excluding carboxylic acids is 1. The van der Waals surface area contributed by atoms with Crippen LogP contribution >= 0.6 is 0 Å². The van der Waals surface area contributed by atoms with Crippen LogP contribution in [0.5, 0.6) is 0 Å². The molecule has 3 N–H and O–H groups in total. The van der Waals surface area contributed by atoms with Gasteiger partial charge in [0.1, 0.15) is 0 Å².